The first-order valence-corrected chi connectivity index (χ1v) is 32.5. The Hall–Kier alpha value is -6.21. The van der Waals surface area contributed by atoms with Crippen LogP contribution in [0.1, 0.15) is 149 Å². The molecule has 2 aliphatic rings. The van der Waals surface area contributed by atoms with Gasteiger partial charge in [0.1, 0.15) is 60.4 Å². The lowest BCUT2D eigenvalue weighted by Crippen LogP contribution is -2.62. The minimum Gasteiger partial charge on any atom is -0.379 e. The van der Waals surface area contributed by atoms with Crippen LogP contribution < -0.4 is 26.6 Å². The standard InChI is InChI=1S/C65H116N12O13/c1-24-27-28-41(12)55-54(60(83)69-46(25-2)57(80)66-17)76(23)65(88)53(45(16)90-55)75(22)63(86)49(35-39(8)9)73(20)62(85)48(34-38(6)7)72(19)61(84)44(15)68-56(79)43(14)67-58(81)47(33-37(4)5)71(18)64(87)51(40(10)11)70-59(82)52(74(21)50(78)26-3)42(13)36-77-29-31-89-32-30-77/h24,27,37-49,51-55H,25-26,28-36H2,1-23H3,(H,66,80)(H,67,81)(H,68,79)(H,69,83)(H,70,82). The SMILES string of the molecule is CC=CCC(C)C1OC(C)C(N(C)C(=O)C(CC(C)C)N(C)C(=O)C(CC(C)C)N(C)C(=O)C(C)NC(=O)C(C)NC(=O)C(CC(C)C)N(C)C(=O)C(NC(=O)C(C(C)CN2CCOCC2)N(C)C(=O)CC)C(C)C)C(=O)N(C)C1C(=O)NC(CC)C(=O)NC. The Bertz CT molecular complexity index is 2450. The van der Waals surface area contributed by atoms with Gasteiger partial charge in [0.15, 0.2) is 0 Å². The van der Waals surface area contributed by atoms with E-state index < -0.39 is 138 Å². The van der Waals surface area contributed by atoms with Crippen LogP contribution in [0.2, 0.25) is 0 Å². The van der Waals surface area contributed by atoms with Crippen molar-refractivity contribution in [3.05, 3.63) is 12.2 Å². The Kier molecular flexibility index (Phi) is 33.1. The van der Waals surface area contributed by atoms with E-state index in [-0.39, 0.29) is 67.6 Å². The molecular weight excluding hydrogens is 1160 g/mol. The minimum absolute atomic E-state index is 0.104. The first-order chi connectivity index (χ1) is 41.9. The van der Waals surface area contributed by atoms with Gasteiger partial charge in [-0.3, -0.25) is 57.6 Å². The van der Waals surface area contributed by atoms with Crippen LogP contribution in [0.4, 0.5) is 0 Å². The zero-order chi connectivity index (χ0) is 68.9. The Balaban J connectivity index is 2.42. The summed E-state index contributed by atoms with van der Waals surface area (Å²) in [5.74, 6) is -7.45. The number of amides is 11. The molecule has 14 atom stereocenters. The number of hydrogen-bond donors (Lipinski definition) is 5. The monoisotopic (exact) mass is 1270 g/mol. The van der Waals surface area contributed by atoms with Crippen molar-refractivity contribution in [2.24, 2.45) is 35.5 Å². The van der Waals surface area contributed by atoms with Gasteiger partial charge in [-0.2, -0.15) is 0 Å². The van der Waals surface area contributed by atoms with Crippen LogP contribution in [-0.4, -0.2) is 254 Å². The summed E-state index contributed by atoms with van der Waals surface area (Å²) in [7, 11) is 10.4. The second-order valence-electron chi connectivity index (χ2n) is 26.6. The zero-order valence-electron chi connectivity index (χ0n) is 58.8. The Morgan fingerprint density at radius 3 is 1.64 bits per heavy atom. The van der Waals surface area contributed by atoms with Crippen LogP contribution in [0.5, 0.6) is 0 Å². The van der Waals surface area contributed by atoms with Gasteiger partial charge in [-0.15, -0.1) is 0 Å². The van der Waals surface area contributed by atoms with Crippen molar-refractivity contribution in [3.63, 3.8) is 0 Å². The van der Waals surface area contributed by atoms with E-state index >= 15 is 9.59 Å². The number of nitrogens with one attached hydrogen (secondary N) is 5. The second kappa shape index (κ2) is 37.3. The molecule has 2 heterocycles. The van der Waals surface area contributed by atoms with E-state index in [9.17, 15) is 43.2 Å². The molecule has 0 spiro atoms. The molecule has 0 aromatic rings. The fourth-order valence-corrected chi connectivity index (χ4v) is 11.9. The molecule has 0 aliphatic carbocycles. The van der Waals surface area contributed by atoms with Crippen molar-refractivity contribution in [2.75, 3.05) is 82.2 Å². The lowest BCUT2D eigenvalue weighted by molar-refractivity contribution is -0.155. The third kappa shape index (κ3) is 22.0. The predicted molar refractivity (Wildman–Crippen MR) is 346 cm³/mol. The predicted octanol–water partition coefficient (Wildman–Crippen LogP) is 2.65. The number of ether oxygens (including phenoxy) is 2. The summed E-state index contributed by atoms with van der Waals surface area (Å²) in [6.45, 7) is 31.6. The van der Waals surface area contributed by atoms with Crippen molar-refractivity contribution >= 4 is 65.0 Å². The van der Waals surface area contributed by atoms with Crippen LogP contribution in [-0.2, 0) is 62.2 Å². The smallest absolute Gasteiger partial charge is 0.248 e. The van der Waals surface area contributed by atoms with E-state index in [1.54, 1.807) is 41.7 Å². The van der Waals surface area contributed by atoms with E-state index in [0.29, 0.717) is 39.3 Å². The summed E-state index contributed by atoms with van der Waals surface area (Å²) in [6.07, 6.45) is 3.48. The van der Waals surface area contributed by atoms with Crippen LogP contribution in [0.25, 0.3) is 0 Å². The van der Waals surface area contributed by atoms with Gasteiger partial charge < -0.3 is 65.5 Å². The number of hydrogen-bond acceptors (Lipinski definition) is 14. The van der Waals surface area contributed by atoms with E-state index in [1.165, 1.54) is 85.5 Å². The molecule has 0 aromatic carbocycles. The molecule has 0 aromatic heterocycles. The zero-order valence-corrected chi connectivity index (χ0v) is 58.8. The lowest BCUT2D eigenvalue weighted by atomic mass is 9.92. The molecule has 25 nitrogen and oxygen atoms in total. The van der Waals surface area contributed by atoms with Gasteiger partial charge in [0, 0.05) is 75.4 Å². The molecule has 2 fully saturated rings. The van der Waals surface area contributed by atoms with Crippen LogP contribution in [0.3, 0.4) is 0 Å². The van der Waals surface area contributed by atoms with E-state index in [0.717, 1.165) is 0 Å². The Labute approximate surface area is 537 Å². The fourth-order valence-electron chi connectivity index (χ4n) is 11.9. The molecule has 90 heavy (non-hydrogen) atoms. The molecule has 2 saturated heterocycles. The van der Waals surface area contributed by atoms with Crippen LogP contribution >= 0.6 is 0 Å². The van der Waals surface area contributed by atoms with Gasteiger partial charge in [-0.05, 0) is 95.3 Å². The highest BCUT2D eigenvalue weighted by Crippen LogP contribution is 2.30. The average Bonchev–Trinajstić information content (AvgIpc) is 1.59. The summed E-state index contributed by atoms with van der Waals surface area (Å²) in [5.41, 5.74) is 0. The van der Waals surface area contributed by atoms with Gasteiger partial charge in [0.2, 0.25) is 65.0 Å². The maximum absolute atomic E-state index is 15.1. The van der Waals surface area contributed by atoms with E-state index in [4.69, 9.17) is 9.47 Å². The molecule has 5 N–H and O–H groups in total. The van der Waals surface area contributed by atoms with Gasteiger partial charge in [0.05, 0.1) is 25.4 Å². The van der Waals surface area contributed by atoms with Crippen LogP contribution in [0, 0.1) is 35.5 Å². The number of allylic oxidation sites excluding steroid dienone is 2. The van der Waals surface area contributed by atoms with Crippen molar-refractivity contribution in [1.82, 2.24) is 60.9 Å². The second-order valence-corrected chi connectivity index (χ2v) is 26.6. The first kappa shape index (κ1) is 79.9. The fraction of sp³-hybridized carbons (Fsp3) is 0.800. The number of nitrogens with zero attached hydrogens (tertiary/aromatic N) is 7. The molecule has 2 rings (SSSR count). The molecule has 14 unspecified atom stereocenters. The highest BCUT2D eigenvalue weighted by molar-refractivity contribution is 5.99. The van der Waals surface area contributed by atoms with Crippen molar-refractivity contribution in [2.45, 2.75) is 222 Å². The Morgan fingerprint density at radius 1 is 0.633 bits per heavy atom. The summed E-state index contributed by atoms with van der Waals surface area (Å²) in [6, 6.07) is -11.1. The van der Waals surface area contributed by atoms with E-state index in [2.05, 4.69) is 31.5 Å². The number of morpholine rings is 1. The van der Waals surface area contributed by atoms with E-state index in [1.807, 2.05) is 74.5 Å². The number of rotatable bonds is 33. The summed E-state index contributed by atoms with van der Waals surface area (Å²) in [4.78, 5) is 167. The number of likely N-dealkylation sites (N-methyl/N-ethyl adjacent to an activating group) is 7. The van der Waals surface area contributed by atoms with Gasteiger partial charge in [-0.1, -0.05) is 95.2 Å². The lowest BCUT2D eigenvalue weighted by Gasteiger charge is -2.39. The van der Waals surface area contributed by atoms with Crippen LogP contribution in [0.15, 0.2) is 12.2 Å². The van der Waals surface area contributed by atoms with Crippen molar-refractivity contribution in [1.29, 1.82) is 0 Å². The number of carbonyl (C=O) groups excluding carboxylic acids is 11. The van der Waals surface area contributed by atoms with Gasteiger partial charge >= 0.3 is 0 Å². The normalized spacial score (nSPS) is 20.7. The molecule has 11 amide bonds. The quantitative estimate of drug-likeness (QED) is 0.0591. The van der Waals surface area contributed by atoms with Gasteiger partial charge in [-0.25, -0.2) is 0 Å². The molecule has 25 heteroatoms. The maximum atomic E-state index is 15.1. The maximum Gasteiger partial charge on any atom is 0.248 e. The molecule has 0 radical (unpaired) electrons. The molecule has 514 valence electrons. The largest absolute Gasteiger partial charge is 0.379 e. The third-order valence-corrected chi connectivity index (χ3v) is 17.5. The van der Waals surface area contributed by atoms with Crippen molar-refractivity contribution < 1.29 is 62.2 Å². The molecule has 0 saturated carbocycles. The molecule has 2 aliphatic heterocycles. The number of carbonyl (C=O) groups is 11. The van der Waals surface area contributed by atoms with Gasteiger partial charge in [0.25, 0.3) is 0 Å². The highest BCUT2D eigenvalue weighted by Gasteiger charge is 2.50. The molecular formula is C65H116N12O13. The Morgan fingerprint density at radius 2 is 1.14 bits per heavy atom. The first-order valence-electron chi connectivity index (χ1n) is 32.5. The van der Waals surface area contributed by atoms with Crippen molar-refractivity contribution in [3.8, 4) is 0 Å². The topological polar surface area (TPSA) is 289 Å². The summed E-state index contributed by atoms with van der Waals surface area (Å²) >= 11 is 0. The minimum atomic E-state index is -1.25. The molecule has 0 bridgehead atoms. The summed E-state index contributed by atoms with van der Waals surface area (Å²) < 4.78 is 12.2. The summed E-state index contributed by atoms with van der Waals surface area (Å²) in [5, 5.41) is 13.7. The highest BCUT2D eigenvalue weighted by atomic mass is 16.5. The third-order valence-electron chi connectivity index (χ3n) is 17.5. The average molecular weight is 1270 g/mol.